The zero-order chi connectivity index (χ0) is 23.8. The maximum atomic E-state index is 13.4. The van der Waals surface area contributed by atoms with Crippen LogP contribution in [0.3, 0.4) is 0 Å². The number of carboxylic acids is 2. The minimum Gasteiger partial charge on any atom is -0.478 e. The summed E-state index contributed by atoms with van der Waals surface area (Å²) < 4.78 is 40.2. The number of hydrogen-bond acceptors (Lipinski definition) is 6. The molecule has 0 bridgehead atoms. The van der Waals surface area contributed by atoms with Gasteiger partial charge in [-0.05, 0) is 54.6 Å². The number of anilines is 2. The molecule has 0 atom stereocenters. The van der Waals surface area contributed by atoms with E-state index in [0.29, 0.717) is 11.1 Å². The van der Waals surface area contributed by atoms with E-state index in [-0.39, 0.29) is 34.0 Å². The van der Waals surface area contributed by atoms with Crippen molar-refractivity contribution in [2.45, 2.75) is 6.18 Å². The summed E-state index contributed by atoms with van der Waals surface area (Å²) >= 11 is 0. The van der Waals surface area contributed by atoms with Crippen LogP contribution in [-0.4, -0.2) is 37.1 Å². The van der Waals surface area contributed by atoms with Crippen LogP contribution in [-0.2, 0) is 6.18 Å². The fourth-order valence-corrected chi connectivity index (χ4v) is 3.14. The molecular formula is C22H13F3N4O4. The Labute approximate surface area is 183 Å². The molecule has 0 saturated carbocycles. The second kappa shape index (κ2) is 8.19. The van der Waals surface area contributed by atoms with Crippen molar-refractivity contribution in [1.29, 1.82) is 0 Å². The van der Waals surface area contributed by atoms with E-state index in [2.05, 4.69) is 20.3 Å². The van der Waals surface area contributed by atoms with Crippen molar-refractivity contribution in [3.05, 3.63) is 77.6 Å². The van der Waals surface area contributed by atoms with Crippen LogP contribution >= 0.6 is 0 Å². The van der Waals surface area contributed by atoms with E-state index in [4.69, 9.17) is 5.11 Å². The van der Waals surface area contributed by atoms with Crippen molar-refractivity contribution in [2.24, 2.45) is 0 Å². The highest BCUT2D eigenvalue weighted by Gasteiger charge is 2.34. The lowest BCUT2D eigenvalue weighted by molar-refractivity contribution is -0.137. The number of pyridine rings is 3. The summed E-state index contributed by atoms with van der Waals surface area (Å²) in [5.41, 5.74) is -1.27. The van der Waals surface area contributed by atoms with Gasteiger partial charge in [-0.25, -0.2) is 19.6 Å². The molecule has 33 heavy (non-hydrogen) atoms. The molecule has 11 heteroatoms. The van der Waals surface area contributed by atoms with Crippen LogP contribution in [0.25, 0.3) is 22.3 Å². The summed E-state index contributed by atoms with van der Waals surface area (Å²) in [4.78, 5) is 34.7. The Balaban J connectivity index is 1.83. The number of hydrogen-bond donors (Lipinski definition) is 3. The average molecular weight is 454 g/mol. The first-order valence-electron chi connectivity index (χ1n) is 9.31. The number of benzene rings is 1. The number of aromatic nitrogens is 3. The molecule has 3 N–H and O–H groups in total. The number of nitrogens with zero attached hydrogens (tertiary/aromatic N) is 3. The third-order valence-corrected chi connectivity index (χ3v) is 4.65. The van der Waals surface area contributed by atoms with Gasteiger partial charge in [0.2, 0.25) is 0 Å². The van der Waals surface area contributed by atoms with Gasteiger partial charge >= 0.3 is 18.1 Å². The molecule has 0 unspecified atom stereocenters. The first-order valence-corrected chi connectivity index (χ1v) is 9.31. The van der Waals surface area contributed by atoms with Crippen molar-refractivity contribution in [2.75, 3.05) is 5.32 Å². The molecule has 4 aromatic rings. The molecule has 0 aliphatic rings. The fraction of sp³-hybridized carbons (Fsp3) is 0.0455. The normalized spacial score (nSPS) is 11.4. The van der Waals surface area contributed by atoms with E-state index in [0.717, 1.165) is 18.2 Å². The third kappa shape index (κ3) is 4.42. The predicted octanol–water partition coefficient (Wildman–Crippen LogP) is 4.85. The highest BCUT2D eigenvalue weighted by molar-refractivity contribution is 5.98. The number of alkyl halides is 3. The molecule has 3 heterocycles. The number of carbonyl (C=O) groups is 2. The number of carboxylic acid groups (broad SMARTS) is 2. The molecule has 8 nitrogen and oxygen atoms in total. The zero-order valence-electron chi connectivity index (χ0n) is 16.5. The van der Waals surface area contributed by atoms with Crippen LogP contribution in [0.15, 0.2) is 60.8 Å². The summed E-state index contributed by atoms with van der Waals surface area (Å²) in [6.45, 7) is 0. The van der Waals surface area contributed by atoms with Crippen molar-refractivity contribution < 1.29 is 33.0 Å². The molecule has 1 aromatic carbocycles. The van der Waals surface area contributed by atoms with E-state index in [9.17, 15) is 27.9 Å². The summed E-state index contributed by atoms with van der Waals surface area (Å²) in [5, 5.41) is 21.7. The fourth-order valence-electron chi connectivity index (χ4n) is 3.14. The lowest BCUT2D eigenvalue weighted by Gasteiger charge is -2.13. The number of aromatic carboxylic acids is 2. The summed E-state index contributed by atoms with van der Waals surface area (Å²) in [7, 11) is 0. The molecule has 0 radical (unpaired) electrons. The van der Waals surface area contributed by atoms with Crippen LogP contribution in [0.1, 0.15) is 26.4 Å². The van der Waals surface area contributed by atoms with Crippen LogP contribution < -0.4 is 5.32 Å². The Bertz CT molecular complexity index is 1390. The molecule has 4 rings (SSSR count). The first-order chi connectivity index (χ1) is 15.6. The highest BCUT2D eigenvalue weighted by Crippen LogP contribution is 2.36. The third-order valence-electron chi connectivity index (χ3n) is 4.65. The smallest absolute Gasteiger partial charge is 0.418 e. The van der Waals surface area contributed by atoms with Gasteiger partial charge in [0, 0.05) is 17.3 Å². The maximum Gasteiger partial charge on any atom is 0.418 e. The van der Waals surface area contributed by atoms with E-state index >= 15 is 0 Å². The number of halogens is 3. The lowest BCUT2D eigenvalue weighted by atomic mass is 10.1. The topological polar surface area (TPSA) is 125 Å². The van der Waals surface area contributed by atoms with Crippen molar-refractivity contribution in [3.8, 4) is 11.4 Å². The number of fused-ring (bicyclic) bond motifs is 1. The highest BCUT2D eigenvalue weighted by atomic mass is 19.4. The van der Waals surface area contributed by atoms with Gasteiger partial charge in [-0.3, -0.25) is 4.98 Å². The van der Waals surface area contributed by atoms with Gasteiger partial charge in [0.1, 0.15) is 11.5 Å². The SMILES string of the molecule is O=C(O)c1ccc(Nc2nc(C(=O)O)cc3nc(-c4ncccc4C(F)(F)F)ccc23)cc1. The van der Waals surface area contributed by atoms with Gasteiger partial charge in [0.15, 0.2) is 5.69 Å². The van der Waals surface area contributed by atoms with Crippen molar-refractivity contribution in [3.63, 3.8) is 0 Å². The summed E-state index contributed by atoms with van der Waals surface area (Å²) in [6, 6.07) is 11.6. The molecule has 0 amide bonds. The molecular weight excluding hydrogens is 441 g/mol. The van der Waals surface area contributed by atoms with E-state index in [1.54, 1.807) is 0 Å². The van der Waals surface area contributed by atoms with E-state index in [1.165, 1.54) is 42.6 Å². The number of rotatable bonds is 5. The Morgan fingerprint density at radius 1 is 0.909 bits per heavy atom. The van der Waals surface area contributed by atoms with Crippen LogP contribution in [0.4, 0.5) is 24.7 Å². The maximum absolute atomic E-state index is 13.4. The Hall–Kier alpha value is -4.54. The Kier molecular flexibility index (Phi) is 5.38. The largest absolute Gasteiger partial charge is 0.478 e. The standard InChI is InChI=1S/C22H13F3N4O4/c23-22(24,25)14-2-1-9-26-18(14)15-8-7-13-16(28-15)10-17(21(32)33)29-19(13)27-12-5-3-11(4-6-12)20(30)31/h1-10H,(H,27,29)(H,30,31)(H,32,33). The van der Waals surface area contributed by atoms with E-state index in [1.807, 2.05) is 0 Å². The van der Waals surface area contributed by atoms with Crippen molar-refractivity contribution in [1.82, 2.24) is 15.0 Å². The van der Waals surface area contributed by atoms with Gasteiger partial charge in [-0.2, -0.15) is 13.2 Å². The van der Waals surface area contributed by atoms with Crippen molar-refractivity contribution >= 4 is 34.3 Å². The van der Waals surface area contributed by atoms with Crippen LogP contribution in [0.5, 0.6) is 0 Å². The second-order valence-electron chi connectivity index (χ2n) is 6.83. The minimum absolute atomic E-state index is 0.0554. The molecule has 0 aliphatic heterocycles. The second-order valence-corrected chi connectivity index (χ2v) is 6.83. The number of nitrogens with one attached hydrogen (secondary N) is 1. The predicted molar refractivity (Wildman–Crippen MR) is 111 cm³/mol. The lowest BCUT2D eigenvalue weighted by Crippen LogP contribution is -2.09. The minimum atomic E-state index is -4.65. The summed E-state index contributed by atoms with van der Waals surface area (Å²) in [6.07, 6.45) is -3.45. The van der Waals surface area contributed by atoms with Gasteiger partial charge in [0.05, 0.1) is 22.3 Å². The van der Waals surface area contributed by atoms with E-state index < -0.39 is 23.7 Å². The van der Waals surface area contributed by atoms with Gasteiger partial charge in [0.25, 0.3) is 0 Å². The van der Waals surface area contributed by atoms with Crippen LogP contribution in [0.2, 0.25) is 0 Å². The molecule has 0 fully saturated rings. The van der Waals surface area contributed by atoms with Gasteiger partial charge < -0.3 is 15.5 Å². The summed E-state index contributed by atoms with van der Waals surface area (Å²) in [5.74, 6) is -2.38. The molecule has 0 aliphatic carbocycles. The van der Waals surface area contributed by atoms with Crippen LogP contribution in [0, 0.1) is 0 Å². The molecule has 3 aromatic heterocycles. The zero-order valence-corrected chi connectivity index (χ0v) is 16.5. The molecule has 166 valence electrons. The molecule has 0 spiro atoms. The quantitative estimate of drug-likeness (QED) is 0.391. The first kappa shape index (κ1) is 21.7. The van der Waals surface area contributed by atoms with Gasteiger partial charge in [-0.1, -0.05) is 0 Å². The monoisotopic (exact) mass is 454 g/mol. The Morgan fingerprint density at radius 2 is 1.64 bits per heavy atom. The van der Waals surface area contributed by atoms with Gasteiger partial charge in [-0.15, -0.1) is 0 Å². The molecule has 0 saturated heterocycles. The Morgan fingerprint density at radius 3 is 2.27 bits per heavy atom. The average Bonchev–Trinajstić information content (AvgIpc) is 2.78.